The number of aliphatic hydroxyl groups is 1. The van der Waals surface area contributed by atoms with Gasteiger partial charge in [-0.3, -0.25) is 4.79 Å². The second-order valence-electron chi connectivity index (χ2n) is 6.01. The molecule has 0 aliphatic heterocycles. The van der Waals surface area contributed by atoms with Gasteiger partial charge in [-0.2, -0.15) is 0 Å². The molecule has 0 spiro atoms. The first-order valence-corrected chi connectivity index (χ1v) is 8.04. The molecular formula is C20H25O5+. The molecule has 1 aromatic rings. The normalized spacial score (nSPS) is 17.0. The van der Waals surface area contributed by atoms with Crippen LogP contribution in [0.5, 0.6) is 11.5 Å². The second kappa shape index (κ2) is 8.03. The Hall–Kier alpha value is -2.53. The minimum absolute atomic E-state index is 0.108. The number of aryl methyl sites for hydroxylation is 2. The van der Waals surface area contributed by atoms with Crippen LogP contribution < -0.4 is 9.47 Å². The van der Waals surface area contributed by atoms with Crippen LogP contribution in [-0.4, -0.2) is 42.6 Å². The van der Waals surface area contributed by atoms with E-state index < -0.39 is 6.10 Å². The number of hydrogen-bond acceptors (Lipinski definition) is 4. The molecule has 0 saturated heterocycles. The van der Waals surface area contributed by atoms with Crippen molar-refractivity contribution in [3.8, 4) is 11.5 Å². The van der Waals surface area contributed by atoms with E-state index in [4.69, 9.17) is 14.2 Å². The molecule has 0 saturated carbocycles. The van der Waals surface area contributed by atoms with Gasteiger partial charge in [-0.15, -0.1) is 0 Å². The van der Waals surface area contributed by atoms with E-state index in [2.05, 4.69) is 0 Å². The lowest BCUT2D eigenvalue weighted by Crippen LogP contribution is -2.20. The quantitative estimate of drug-likeness (QED) is 0.805. The van der Waals surface area contributed by atoms with Crippen molar-refractivity contribution < 1.29 is 24.1 Å². The Balaban J connectivity index is 2.33. The van der Waals surface area contributed by atoms with Crippen LogP contribution in [0.3, 0.4) is 0 Å². The Morgan fingerprint density at radius 3 is 2.44 bits per heavy atom. The third kappa shape index (κ3) is 4.31. The third-order valence-corrected chi connectivity index (χ3v) is 3.94. The fourth-order valence-electron chi connectivity index (χ4n) is 2.73. The van der Waals surface area contributed by atoms with E-state index in [-0.39, 0.29) is 12.4 Å². The molecule has 1 atom stereocenters. The fraction of sp³-hybridized carbons (Fsp3) is 0.350. The average Bonchev–Trinajstić information content (AvgIpc) is 2.58. The summed E-state index contributed by atoms with van der Waals surface area (Å²) in [6, 6.07) is 3.89. The predicted molar refractivity (Wildman–Crippen MR) is 97.8 cm³/mol. The molecule has 0 fully saturated rings. The van der Waals surface area contributed by atoms with Crippen LogP contribution in [0.1, 0.15) is 18.1 Å². The van der Waals surface area contributed by atoms with Crippen molar-refractivity contribution in [3.05, 3.63) is 58.4 Å². The molecule has 5 nitrogen and oxygen atoms in total. The number of carbonyl (C=O) groups excluding carboxylic acids is 1. The van der Waals surface area contributed by atoms with Crippen molar-refractivity contribution in [3.63, 3.8) is 0 Å². The topological polar surface area (TPSA) is 69.3 Å². The Bertz CT molecular complexity index is 756. The van der Waals surface area contributed by atoms with Crippen LogP contribution in [0.2, 0.25) is 0 Å². The highest BCUT2D eigenvalue weighted by Gasteiger charge is 2.24. The molecule has 25 heavy (non-hydrogen) atoms. The zero-order valence-corrected chi connectivity index (χ0v) is 15.3. The van der Waals surface area contributed by atoms with E-state index >= 15 is 0 Å². The van der Waals surface area contributed by atoms with E-state index in [1.165, 1.54) is 7.11 Å². The lowest BCUT2D eigenvalue weighted by atomic mass is 9.99. The molecule has 0 radical (unpaired) electrons. The first-order valence-electron chi connectivity index (χ1n) is 8.04. The van der Waals surface area contributed by atoms with Gasteiger partial charge in [0.05, 0.1) is 26.4 Å². The maximum atomic E-state index is 9.94. The van der Waals surface area contributed by atoms with Crippen LogP contribution in [-0.2, 0) is 4.74 Å². The molecule has 0 bridgehead atoms. The van der Waals surface area contributed by atoms with E-state index in [1.807, 2.05) is 32.1 Å². The summed E-state index contributed by atoms with van der Waals surface area (Å²) in [5.41, 5.74) is 3.48. The number of ketones is 1. The van der Waals surface area contributed by atoms with Gasteiger partial charge >= 0.3 is 5.78 Å². The van der Waals surface area contributed by atoms with Crippen LogP contribution >= 0.6 is 0 Å². The zero-order valence-electron chi connectivity index (χ0n) is 15.3. The maximum Gasteiger partial charge on any atom is 0.384 e. The molecule has 1 unspecified atom stereocenters. The van der Waals surface area contributed by atoms with Crippen molar-refractivity contribution in [2.45, 2.75) is 26.9 Å². The van der Waals surface area contributed by atoms with Crippen molar-refractivity contribution in [1.82, 2.24) is 0 Å². The van der Waals surface area contributed by atoms with Crippen molar-refractivity contribution in [2.75, 3.05) is 20.8 Å². The van der Waals surface area contributed by atoms with Crippen molar-refractivity contribution in [2.24, 2.45) is 0 Å². The lowest BCUT2D eigenvalue weighted by molar-refractivity contribution is 0.145. The fourth-order valence-corrected chi connectivity index (χ4v) is 2.73. The molecule has 1 aliphatic rings. The molecule has 0 amide bonds. The van der Waals surface area contributed by atoms with E-state index in [0.717, 1.165) is 16.7 Å². The van der Waals surface area contributed by atoms with Crippen LogP contribution in [0.15, 0.2) is 47.3 Å². The Morgan fingerprint density at radius 1 is 1.12 bits per heavy atom. The summed E-state index contributed by atoms with van der Waals surface area (Å²) in [5.74, 6) is 1.72. The molecule has 0 aromatic heterocycles. The highest BCUT2D eigenvalue weighted by atomic mass is 16.5. The van der Waals surface area contributed by atoms with Gasteiger partial charge in [0.15, 0.2) is 11.5 Å². The SMILES string of the molecule is COC1=CC(=CC(CO)Oc2c(C)cc(C)cc2OC)C=C(C)C1=[OH+]. The number of methoxy groups -OCH3 is 2. The lowest BCUT2D eigenvalue weighted by Gasteiger charge is -2.19. The molecule has 1 aromatic carbocycles. The summed E-state index contributed by atoms with van der Waals surface area (Å²) >= 11 is 0. The van der Waals surface area contributed by atoms with Crippen molar-refractivity contribution >= 4 is 5.78 Å². The summed E-state index contributed by atoms with van der Waals surface area (Å²) in [6.07, 6.45) is 4.73. The van der Waals surface area contributed by atoms with Gasteiger partial charge in [-0.25, -0.2) is 0 Å². The smallest absolute Gasteiger partial charge is 0.384 e. The highest BCUT2D eigenvalue weighted by molar-refractivity contribution is 6.09. The summed E-state index contributed by atoms with van der Waals surface area (Å²) in [7, 11) is 3.09. The van der Waals surface area contributed by atoms with E-state index in [9.17, 15) is 9.90 Å². The van der Waals surface area contributed by atoms with E-state index in [1.54, 1.807) is 26.2 Å². The molecule has 0 heterocycles. The first kappa shape index (κ1) is 18.8. The Labute approximate surface area is 148 Å². The number of benzene rings is 1. The number of hydrogen-bond donors (Lipinski definition) is 1. The molecule has 2 rings (SSSR count). The Morgan fingerprint density at radius 2 is 1.84 bits per heavy atom. The van der Waals surface area contributed by atoms with Gasteiger partial charge in [-0.1, -0.05) is 6.07 Å². The summed E-state index contributed by atoms with van der Waals surface area (Å²) < 4.78 is 16.6. The van der Waals surface area contributed by atoms with Gasteiger partial charge in [-0.05, 0) is 61.8 Å². The largest absolute Gasteiger partial charge is 0.493 e. The standard InChI is InChI=1S/C20H24O5/c1-12-6-14(3)20(18(7-12)24-5)25-16(11-21)9-15-8-13(2)19(22)17(10-15)23-4/h6-10,16,21H,11H2,1-5H3/p+1. The van der Waals surface area contributed by atoms with Gasteiger partial charge in [0.2, 0.25) is 5.76 Å². The monoisotopic (exact) mass is 345 g/mol. The molecular weight excluding hydrogens is 320 g/mol. The minimum Gasteiger partial charge on any atom is -0.493 e. The van der Waals surface area contributed by atoms with Crippen molar-refractivity contribution in [1.29, 1.82) is 0 Å². The average molecular weight is 345 g/mol. The Kier molecular flexibility index (Phi) is 6.04. The third-order valence-electron chi connectivity index (χ3n) is 3.94. The van der Waals surface area contributed by atoms with Crippen LogP contribution in [0, 0.1) is 13.8 Å². The minimum atomic E-state index is -0.566. The van der Waals surface area contributed by atoms with Gasteiger partial charge in [0.1, 0.15) is 6.10 Å². The summed E-state index contributed by atoms with van der Waals surface area (Å²) in [5, 5.41) is 9.73. The molecule has 1 aliphatic carbocycles. The van der Waals surface area contributed by atoms with Crippen LogP contribution in [0.4, 0.5) is 0 Å². The molecule has 2 N–H and O–H groups in total. The second-order valence-corrected chi connectivity index (χ2v) is 6.01. The molecule has 134 valence electrons. The van der Waals surface area contributed by atoms with Gasteiger partial charge in [0.25, 0.3) is 0 Å². The maximum absolute atomic E-state index is 9.94. The van der Waals surface area contributed by atoms with Gasteiger partial charge < -0.3 is 19.3 Å². The number of ether oxygens (including phenoxy) is 3. The van der Waals surface area contributed by atoms with Gasteiger partial charge in [0, 0.05) is 0 Å². The van der Waals surface area contributed by atoms with Crippen LogP contribution in [0.25, 0.3) is 0 Å². The highest BCUT2D eigenvalue weighted by Crippen LogP contribution is 2.33. The zero-order chi connectivity index (χ0) is 18.6. The summed E-state index contributed by atoms with van der Waals surface area (Å²) in [6.45, 7) is 5.52. The predicted octanol–water partition coefficient (Wildman–Crippen LogP) is 3.01. The first-order chi connectivity index (χ1) is 11.9. The number of allylic oxidation sites excluding steroid dienone is 4. The number of aliphatic hydroxyl groups excluding tert-OH is 1. The number of rotatable bonds is 6. The van der Waals surface area contributed by atoms with E-state index in [0.29, 0.717) is 22.8 Å². The molecule has 5 heteroatoms. The summed E-state index contributed by atoms with van der Waals surface area (Å²) in [4.78, 5) is 9.94.